The maximum absolute atomic E-state index is 11.5. The van der Waals surface area contributed by atoms with Gasteiger partial charge in [0.1, 0.15) is 6.54 Å². The Hall–Kier alpha value is -2.44. The van der Waals surface area contributed by atoms with Gasteiger partial charge in [-0.05, 0) is 36.5 Å². The fourth-order valence-electron chi connectivity index (χ4n) is 3.39. The molecule has 0 unspecified atom stereocenters. The fraction of sp³-hybridized carbons (Fsp3) is 0.333. The number of carbonyl (C=O) groups excluding carboxylic acids is 1. The highest BCUT2D eigenvalue weighted by atomic mass is 32.1. The molecule has 1 heterocycles. The second-order valence-corrected chi connectivity index (χ2v) is 7.26. The van der Waals surface area contributed by atoms with Crippen LogP contribution in [0.3, 0.4) is 0 Å². The Labute approximate surface area is 165 Å². The molecular weight excluding hydrogens is 358 g/mol. The number of benzene rings is 2. The summed E-state index contributed by atoms with van der Waals surface area (Å²) < 4.78 is 4.70. The van der Waals surface area contributed by atoms with Crippen molar-refractivity contribution in [1.29, 1.82) is 0 Å². The van der Waals surface area contributed by atoms with Gasteiger partial charge in [-0.15, -0.1) is 0 Å². The van der Waals surface area contributed by atoms with Gasteiger partial charge in [0.15, 0.2) is 5.11 Å². The van der Waals surface area contributed by atoms with Gasteiger partial charge in [0.2, 0.25) is 0 Å². The first-order valence-electron chi connectivity index (χ1n) is 9.27. The van der Waals surface area contributed by atoms with Gasteiger partial charge in [0.25, 0.3) is 0 Å². The van der Waals surface area contributed by atoms with Crippen LogP contribution in [0.15, 0.2) is 54.6 Å². The quantitative estimate of drug-likeness (QED) is 0.544. The molecule has 0 saturated carbocycles. The van der Waals surface area contributed by atoms with Gasteiger partial charge < -0.3 is 20.3 Å². The van der Waals surface area contributed by atoms with E-state index in [0.29, 0.717) is 16.7 Å². The largest absolute Gasteiger partial charge is 0.465 e. The number of hydrogen-bond donors (Lipinski definition) is 3. The zero-order chi connectivity index (χ0) is 19.1. The molecule has 3 rings (SSSR count). The molecule has 0 aromatic heterocycles. The predicted octanol–water partition coefficient (Wildman–Crippen LogP) is 2.01. The SMILES string of the molecule is COC(=O)c1ccc(NC(=S)NC2CC[NH+](Cc3ccccc3)CC2)cc1. The van der Waals surface area contributed by atoms with Crippen molar-refractivity contribution in [2.45, 2.75) is 25.4 Å². The minimum atomic E-state index is -0.341. The second kappa shape index (κ2) is 9.48. The molecule has 0 radical (unpaired) electrons. The number of carbonyl (C=O) groups is 1. The Kier molecular flexibility index (Phi) is 6.79. The average molecular weight is 385 g/mol. The molecule has 142 valence electrons. The number of hydrogen-bond acceptors (Lipinski definition) is 3. The molecule has 6 heteroatoms. The van der Waals surface area contributed by atoms with Crippen molar-refractivity contribution in [1.82, 2.24) is 5.32 Å². The first kappa shape index (κ1) is 19.3. The highest BCUT2D eigenvalue weighted by Gasteiger charge is 2.22. The number of ether oxygens (including phenoxy) is 1. The summed E-state index contributed by atoms with van der Waals surface area (Å²) in [7, 11) is 1.38. The first-order valence-corrected chi connectivity index (χ1v) is 9.68. The van der Waals surface area contributed by atoms with Gasteiger partial charge in [0.05, 0.1) is 25.8 Å². The molecule has 27 heavy (non-hydrogen) atoms. The summed E-state index contributed by atoms with van der Waals surface area (Å²) in [5, 5.41) is 7.22. The van der Waals surface area contributed by atoms with Crippen LogP contribution in [0.4, 0.5) is 5.69 Å². The Morgan fingerprint density at radius 1 is 1.11 bits per heavy atom. The van der Waals surface area contributed by atoms with Gasteiger partial charge in [-0.1, -0.05) is 30.3 Å². The molecule has 0 bridgehead atoms. The molecule has 1 fully saturated rings. The third-order valence-electron chi connectivity index (χ3n) is 4.89. The molecule has 5 nitrogen and oxygen atoms in total. The van der Waals surface area contributed by atoms with Crippen LogP contribution in [0.2, 0.25) is 0 Å². The van der Waals surface area contributed by atoms with E-state index in [0.717, 1.165) is 38.2 Å². The van der Waals surface area contributed by atoms with Crippen LogP contribution in [-0.4, -0.2) is 37.3 Å². The predicted molar refractivity (Wildman–Crippen MR) is 111 cm³/mol. The van der Waals surface area contributed by atoms with Crippen molar-refractivity contribution in [3.8, 4) is 0 Å². The van der Waals surface area contributed by atoms with Gasteiger partial charge in [-0.25, -0.2) is 4.79 Å². The lowest BCUT2D eigenvalue weighted by Gasteiger charge is -2.30. The normalized spacial score (nSPS) is 19.1. The number of methoxy groups -OCH3 is 1. The zero-order valence-corrected chi connectivity index (χ0v) is 16.4. The lowest BCUT2D eigenvalue weighted by molar-refractivity contribution is -0.918. The molecule has 0 amide bonds. The first-order chi connectivity index (χ1) is 13.1. The summed E-state index contributed by atoms with van der Waals surface area (Å²) in [6.45, 7) is 3.37. The van der Waals surface area contributed by atoms with E-state index in [9.17, 15) is 4.79 Å². The number of esters is 1. The number of thiocarbonyl (C=S) groups is 1. The topological polar surface area (TPSA) is 54.8 Å². The summed E-state index contributed by atoms with van der Waals surface area (Å²) in [5.41, 5.74) is 2.77. The lowest BCUT2D eigenvalue weighted by Crippen LogP contribution is -3.12. The minimum Gasteiger partial charge on any atom is -0.465 e. The van der Waals surface area contributed by atoms with Crippen LogP contribution < -0.4 is 15.5 Å². The molecule has 0 atom stereocenters. The van der Waals surface area contributed by atoms with Gasteiger partial charge in [-0.2, -0.15) is 0 Å². The van der Waals surface area contributed by atoms with E-state index in [4.69, 9.17) is 17.0 Å². The minimum absolute atomic E-state index is 0.341. The Morgan fingerprint density at radius 2 is 1.78 bits per heavy atom. The molecule has 1 saturated heterocycles. The summed E-state index contributed by atoms with van der Waals surface area (Å²) >= 11 is 5.44. The summed E-state index contributed by atoms with van der Waals surface area (Å²) in [6.07, 6.45) is 2.20. The van der Waals surface area contributed by atoms with E-state index in [1.807, 2.05) is 12.1 Å². The fourth-order valence-corrected chi connectivity index (χ4v) is 3.68. The van der Waals surface area contributed by atoms with Crippen molar-refractivity contribution in [2.75, 3.05) is 25.5 Å². The number of rotatable bonds is 5. The van der Waals surface area contributed by atoms with E-state index in [1.54, 1.807) is 17.0 Å². The summed E-state index contributed by atoms with van der Waals surface area (Å²) in [6, 6.07) is 18.2. The van der Waals surface area contributed by atoms with Gasteiger partial charge in [0, 0.05) is 30.1 Å². The molecular formula is C21H26N3O2S+. The number of quaternary nitrogens is 1. The molecule has 1 aliphatic rings. The third kappa shape index (κ3) is 5.77. The number of nitrogens with one attached hydrogen (secondary N) is 3. The lowest BCUT2D eigenvalue weighted by atomic mass is 10.0. The maximum Gasteiger partial charge on any atom is 0.337 e. The summed E-state index contributed by atoms with van der Waals surface area (Å²) in [5.74, 6) is -0.341. The van der Waals surface area contributed by atoms with Crippen LogP contribution in [0.1, 0.15) is 28.8 Å². The molecule has 1 aliphatic heterocycles. The van der Waals surface area contributed by atoms with Crippen LogP contribution >= 0.6 is 12.2 Å². The zero-order valence-electron chi connectivity index (χ0n) is 15.5. The van der Waals surface area contributed by atoms with Gasteiger partial charge in [-0.3, -0.25) is 0 Å². The van der Waals surface area contributed by atoms with Crippen LogP contribution in [0, 0.1) is 0 Å². The van der Waals surface area contributed by atoms with E-state index in [1.165, 1.54) is 12.7 Å². The van der Waals surface area contributed by atoms with E-state index in [2.05, 4.69) is 41.0 Å². The van der Waals surface area contributed by atoms with Crippen molar-refractivity contribution < 1.29 is 14.4 Å². The number of likely N-dealkylation sites (tertiary alicyclic amines) is 1. The Bertz CT molecular complexity index is 757. The van der Waals surface area contributed by atoms with E-state index in [-0.39, 0.29) is 5.97 Å². The second-order valence-electron chi connectivity index (χ2n) is 6.85. The average Bonchev–Trinajstić information content (AvgIpc) is 2.70. The van der Waals surface area contributed by atoms with Crippen LogP contribution in [-0.2, 0) is 11.3 Å². The van der Waals surface area contributed by atoms with Crippen molar-refractivity contribution in [3.63, 3.8) is 0 Å². The van der Waals surface area contributed by atoms with E-state index < -0.39 is 0 Å². The Morgan fingerprint density at radius 3 is 2.41 bits per heavy atom. The standard InChI is InChI=1S/C21H25N3O2S/c1-26-20(25)17-7-9-18(10-8-17)22-21(27)23-19-11-13-24(14-12-19)15-16-5-3-2-4-6-16/h2-10,19H,11-15H2,1H3,(H2,22,23,27)/p+1. The highest BCUT2D eigenvalue weighted by molar-refractivity contribution is 7.80. The third-order valence-corrected chi connectivity index (χ3v) is 5.11. The molecule has 2 aromatic rings. The van der Waals surface area contributed by atoms with Crippen molar-refractivity contribution >= 4 is 29.0 Å². The molecule has 2 aromatic carbocycles. The Balaban J connectivity index is 1.42. The van der Waals surface area contributed by atoms with Crippen molar-refractivity contribution in [3.05, 3.63) is 65.7 Å². The summed E-state index contributed by atoms with van der Waals surface area (Å²) in [4.78, 5) is 13.1. The number of anilines is 1. The highest BCUT2D eigenvalue weighted by Crippen LogP contribution is 2.11. The van der Waals surface area contributed by atoms with Crippen LogP contribution in [0.25, 0.3) is 0 Å². The van der Waals surface area contributed by atoms with Crippen LogP contribution in [0.5, 0.6) is 0 Å². The monoisotopic (exact) mass is 384 g/mol. The maximum atomic E-state index is 11.5. The van der Waals surface area contributed by atoms with E-state index >= 15 is 0 Å². The molecule has 3 N–H and O–H groups in total. The van der Waals surface area contributed by atoms with Crippen molar-refractivity contribution in [2.24, 2.45) is 0 Å². The number of piperidine rings is 1. The smallest absolute Gasteiger partial charge is 0.337 e. The van der Waals surface area contributed by atoms with Gasteiger partial charge >= 0.3 is 5.97 Å². The molecule has 0 aliphatic carbocycles. The molecule has 0 spiro atoms.